The molecule has 0 atom stereocenters. The average Bonchev–Trinajstić information content (AvgIpc) is 2.42. The maximum atomic E-state index is 11.7. The van der Waals surface area contributed by atoms with Crippen LogP contribution >= 0.6 is 0 Å². The third-order valence-corrected chi connectivity index (χ3v) is 3.46. The predicted octanol–water partition coefficient (Wildman–Crippen LogP) is 3.87. The second kappa shape index (κ2) is 10.7. The predicted molar refractivity (Wildman–Crippen MR) is 79.4 cm³/mol. The summed E-state index contributed by atoms with van der Waals surface area (Å²) in [4.78, 5) is 23.0. The molecule has 0 unspecified atom stereocenters. The highest BCUT2D eigenvalue weighted by Gasteiger charge is 2.26. The van der Waals surface area contributed by atoms with Gasteiger partial charge in [-0.25, -0.2) is 0 Å². The van der Waals surface area contributed by atoms with Gasteiger partial charge >= 0.3 is 11.9 Å². The van der Waals surface area contributed by atoms with Crippen molar-refractivity contribution in [2.75, 3.05) is 13.2 Å². The molecule has 0 aliphatic rings. The van der Waals surface area contributed by atoms with Gasteiger partial charge in [0.05, 0.1) is 18.6 Å². The number of esters is 2. The Morgan fingerprint density at radius 2 is 1.50 bits per heavy atom. The molecule has 0 aliphatic heterocycles. The van der Waals surface area contributed by atoms with Crippen molar-refractivity contribution in [1.82, 2.24) is 0 Å². The van der Waals surface area contributed by atoms with Crippen LogP contribution in [0.4, 0.5) is 0 Å². The van der Waals surface area contributed by atoms with Gasteiger partial charge in [0.1, 0.15) is 0 Å². The molecule has 4 heteroatoms. The van der Waals surface area contributed by atoms with Crippen LogP contribution in [0.2, 0.25) is 0 Å². The zero-order valence-corrected chi connectivity index (χ0v) is 13.5. The van der Waals surface area contributed by atoms with E-state index in [1.807, 2.05) is 20.8 Å². The highest BCUT2D eigenvalue weighted by atomic mass is 16.5. The summed E-state index contributed by atoms with van der Waals surface area (Å²) in [7, 11) is 0. The lowest BCUT2D eigenvalue weighted by atomic mass is 9.91. The Hall–Kier alpha value is -1.06. The Labute approximate surface area is 123 Å². The number of hydrogen-bond donors (Lipinski definition) is 0. The minimum atomic E-state index is -0.411. The number of unbranched alkanes of at least 4 members (excludes halogenated alkanes) is 3. The van der Waals surface area contributed by atoms with Crippen molar-refractivity contribution in [3.63, 3.8) is 0 Å². The van der Waals surface area contributed by atoms with E-state index in [0.29, 0.717) is 19.6 Å². The summed E-state index contributed by atoms with van der Waals surface area (Å²) in [5.74, 6) is -0.279. The van der Waals surface area contributed by atoms with Gasteiger partial charge in [-0.1, -0.05) is 26.7 Å². The van der Waals surface area contributed by atoms with Crippen LogP contribution in [0.1, 0.15) is 72.6 Å². The van der Waals surface area contributed by atoms with E-state index >= 15 is 0 Å². The van der Waals surface area contributed by atoms with Crippen LogP contribution in [0.15, 0.2) is 0 Å². The summed E-state index contributed by atoms with van der Waals surface area (Å²) in [6, 6.07) is 0. The van der Waals surface area contributed by atoms with Gasteiger partial charge in [0.15, 0.2) is 0 Å². The SMILES string of the molecule is CCCCCC(=O)OCCCCOC(=O)C(C)(C)CC. The highest BCUT2D eigenvalue weighted by molar-refractivity contribution is 5.75. The summed E-state index contributed by atoms with van der Waals surface area (Å²) in [6.07, 6.45) is 5.81. The van der Waals surface area contributed by atoms with Crippen LogP contribution < -0.4 is 0 Å². The van der Waals surface area contributed by atoms with Crippen LogP contribution in [0.25, 0.3) is 0 Å². The van der Waals surface area contributed by atoms with E-state index in [0.717, 1.165) is 38.5 Å². The quantitative estimate of drug-likeness (QED) is 0.427. The van der Waals surface area contributed by atoms with E-state index in [4.69, 9.17) is 9.47 Å². The van der Waals surface area contributed by atoms with E-state index in [-0.39, 0.29) is 11.9 Å². The molecule has 0 aromatic heterocycles. The van der Waals surface area contributed by atoms with Crippen molar-refractivity contribution < 1.29 is 19.1 Å². The molecule has 0 aromatic rings. The van der Waals surface area contributed by atoms with Crippen molar-refractivity contribution >= 4 is 11.9 Å². The molecule has 0 aliphatic carbocycles. The Balaban J connectivity index is 3.49. The maximum Gasteiger partial charge on any atom is 0.311 e. The van der Waals surface area contributed by atoms with E-state index in [2.05, 4.69) is 6.92 Å². The number of ether oxygens (including phenoxy) is 2. The first-order chi connectivity index (χ1) is 9.44. The molecule has 0 saturated heterocycles. The molecule has 0 spiro atoms. The Morgan fingerprint density at radius 3 is 2.05 bits per heavy atom. The number of carbonyl (C=O) groups excluding carboxylic acids is 2. The van der Waals surface area contributed by atoms with Crippen LogP contribution in [0.5, 0.6) is 0 Å². The summed E-state index contributed by atoms with van der Waals surface area (Å²) >= 11 is 0. The van der Waals surface area contributed by atoms with Gasteiger partial charge in [-0.15, -0.1) is 0 Å². The molecule has 0 radical (unpaired) electrons. The molecule has 0 rings (SSSR count). The van der Waals surface area contributed by atoms with E-state index in [1.165, 1.54) is 0 Å². The van der Waals surface area contributed by atoms with Crippen molar-refractivity contribution in [2.24, 2.45) is 5.41 Å². The molecule has 20 heavy (non-hydrogen) atoms. The van der Waals surface area contributed by atoms with Gasteiger partial charge in [-0.2, -0.15) is 0 Å². The third kappa shape index (κ3) is 8.94. The lowest BCUT2D eigenvalue weighted by Crippen LogP contribution is -2.26. The molecule has 0 saturated carbocycles. The van der Waals surface area contributed by atoms with Crippen LogP contribution in [0, 0.1) is 5.41 Å². The average molecular weight is 286 g/mol. The van der Waals surface area contributed by atoms with E-state index in [1.54, 1.807) is 0 Å². The normalized spacial score (nSPS) is 11.2. The molecule has 4 nitrogen and oxygen atoms in total. The fourth-order valence-corrected chi connectivity index (χ4v) is 1.49. The Bertz CT molecular complexity index is 284. The molecule has 0 fully saturated rings. The summed E-state index contributed by atoms with van der Waals surface area (Å²) in [6.45, 7) is 8.65. The minimum Gasteiger partial charge on any atom is -0.466 e. The molecule has 0 heterocycles. The molecule has 0 N–H and O–H groups in total. The van der Waals surface area contributed by atoms with Crippen molar-refractivity contribution in [2.45, 2.75) is 72.6 Å². The standard InChI is InChI=1S/C16H30O4/c1-5-7-8-11-14(17)19-12-9-10-13-20-15(18)16(3,4)6-2/h5-13H2,1-4H3. The van der Waals surface area contributed by atoms with Gasteiger partial charge in [-0.3, -0.25) is 9.59 Å². The van der Waals surface area contributed by atoms with E-state index < -0.39 is 5.41 Å². The Morgan fingerprint density at radius 1 is 0.900 bits per heavy atom. The molecule has 118 valence electrons. The zero-order chi connectivity index (χ0) is 15.4. The van der Waals surface area contributed by atoms with Crippen LogP contribution in [0.3, 0.4) is 0 Å². The molecule has 0 amide bonds. The molecule has 0 bridgehead atoms. The first-order valence-electron chi connectivity index (χ1n) is 7.77. The first-order valence-corrected chi connectivity index (χ1v) is 7.77. The summed E-state index contributed by atoms with van der Waals surface area (Å²) in [5, 5.41) is 0. The monoisotopic (exact) mass is 286 g/mol. The van der Waals surface area contributed by atoms with Crippen LogP contribution in [-0.4, -0.2) is 25.2 Å². The maximum absolute atomic E-state index is 11.7. The van der Waals surface area contributed by atoms with E-state index in [9.17, 15) is 9.59 Å². The van der Waals surface area contributed by atoms with Gasteiger partial charge in [-0.05, 0) is 39.5 Å². The van der Waals surface area contributed by atoms with Gasteiger partial charge in [0.2, 0.25) is 0 Å². The summed E-state index contributed by atoms with van der Waals surface area (Å²) in [5.41, 5.74) is -0.411. The molecular weight excluding hydrogens is 256 g/mol. The smallest absolute Gasteiger partial charge is 0.311 e. The second-order valence-electron chi connectivity index (χ2n) is 5.76. The van der Waals surface area contributed by atoms with Crippen molar-refractivity contribution in [3.05, 3.63) is 0 Å². The van der Waals surface area contributed by atoms with Gasteiger partial charge in [0, 0.05) is 6.42 Å². The zero-order valence-electron chi connectivity index (χ0n) is 13.5. The lowest BCUT2D eigenvalue weighted by Gasteiger charge is -2.20. The highest BCUT2D eigenvalue weighted by Crippen LogP contribution is 2.21. The fourth-order valence-electron chi connectivity index (χ4n) is 1.49. The first kappa shape index (κ1) is 18.9. The van der Waals surface area contributed by atoms with Gasteiger partial charge < -0.3 is 9.47 Å². The minimum absolute atomic E-state index is 0.123. The molecular formula is C16H30O4. The number of rotatable bonds is 11. The lowest BCUT2D eigenvalue weighted by molar-refractivity contribution is -0.154. The Kier molecular flexibility index (Phi) is 10.1. The number of hydrogen-bond acceptors (Lipinski definition) is 4. The fraction of sp³-hybridized carbons (Fsp3) is 0.875. The summed E-state index contributed by atoms with van der Waals surface area (Å²) < 4.78 is 10.3. The third-order valence-electron chi connectivity index (χ3n) is 3.46. The second-order valence-corrected chi connectivity index (χ2v) is 5.76. The van der Waals surface area contributed by atoms with Crippen molar-refractivity contribution in [1.29, 1.82) is 0 Å². The number of carbonyl (C=O) groups is 2. The van der Waals surface area contributed by atoms with Crippen LogP contribution in [-0.2, 0) is 19.1 Å². The van der Waals surface area contributed by atoms with Gasteiger partial charge in [0.25, 0.3) is 0 Å². The topological polar surface area (TPSA) is 52.6 Å². The largest absolute Gasteiger partial charge is 0.466 e. The molecule has 0 aromatic carbocycles. The van der Waals surface area contributed by atoms with Crippen molar-refractivity contribution in [3.8, 4) is 0 Å².